The van der Waals surface area contributed by atoms with Gasteiger partial charge in [0.2, 0.25) is 0 Å². The highest BCUT2D eigenvalue weighted by Crippen LogP contribution is 2.32. The van der Waals surface area contributed by atoms with Crippen molar-refractivity contribution in [1.82, 2.24) is 4.98 Å². The van der Waals surface area contributed by atoms with Crippen molar-refractivity contribution in [2.75, 3.05) is 0 Å². The maximum atomic E-state index is 12.2. The Morgan fingerprint density at radius 3 is 3.14 bits per heavy atom. The quantitative estimate of drug-likeness (QED) is 0.728. The molecule has 0 aromatic carbocycles. The summed E-state index contributed by atoms with van der Waals surface area (Å²) in [5.74, 6) is -0.512. The van der Waals surface area contributed by atoms with Crippen LogP contribution in [0.15, 0.2) is 36.4 Å². The molecule has 1 aliphatic rings. The average Bonchev–Trinajstić information content (AvgIpc) is 3.10. The SMILES string of the molecule is O=C(OC1CCCc2oc(=O)oc21)c1cc2occc2[nH]1. The number of carbonyl (C=O) groups excluding carboxylic acids is 1. The smallest absolute Gasteiger partial charge is 0.463 e. The topological polar surface area (TPSA) is 98.6 Å². The Labute approximate surface area is 117 Å². The van der Waals surface area contributed by atoms with Gasteiger partial charge in [-0.2, -0.15) is 0 Å². The Kier molecular flexibility index (Phi) is 2.53. The van der Waals surface area contributed by atoms with E-state index in [2.05, 4.69) is 4.98 Å². The number of hydrogen-bond acceptors (Lipinski definition) is 6. The van der Waals surface area contributed by atoms with Crippen LogP contribution in [0.25, 0.3) is 11.1 Å². The number of H-pyrrole nitrogens is 1. The molecular formula is C14H11NO6. The number of hydrogen-bond donors (Lipinski definition) is 1. The lowest BCUT2D eigenvalue weighted by Gasteiger charge is -2.18. The molecule has 1 atom stereocenters. The second-order valence-electron chi connectivity index (χ2n) is 4.91. The minimum atomic E-state index is -0.764. The molecule has 1 N–H and O–H groups in total. The number of fused-ring (bicyclic) bond motifs is 2. The summed E-state index contributed by atoms with van der Waals surface area (Å²) in [4.78, 5) is 26.2. The minimum absolute atomic E-state index is 0.294. The highest BCUT2D eigenvalue weighted by molar-refractivity contribution is 5.93. The number of ether oxygens (including phenoxy) is 1. The number of esters is 1. The largest absolute Gasteiger partial charge is 0.519 e. The van der Waals surface area contributed by atoms with Crippen LogP contribution in [0, 0.1) is 0 Å². The van der Waals surface area contributed by atoms with Crippen LogP contribution >= 0.6 is 0 Å². The Morgan fingerprint density at radius 2 is 2.29 bits per heavy atom. The fraction of sp³-hybridized carbons (Fsp3) is 0.286. The summed E-state index contributed by atoms with van der Waals surface area (Å²) in [5, 5.41) is 0. The van der Waals surface area contributed by atoms with Gasteiger partial charge in [0.15, 0.2) is 23.2 Å². The molecule has 0 spiro atoms. The number of rotatable bonds is 2. The van der Waals surface area contributed by atoms with Gasteiger partial charge in [-0.05, 0) is 12.8 Å². The highest BCUT2D eigenvalue weighted by atomic mass is 16.6. The van der Waals surface area contributed by atoms with Gasteiger partial charge < -0.3 is 23.0 Å². The normalized spacial score (nSPS) is 17.8. The van der Waals surface area contributed by atoms with Gasteiger partial charge in [0.25, 0.3) is 0 Å². The lowest BCUT2D eigenvalue weighted by Crippen LogP contribution is -2.16. The summed E-state index contributed by atoms with van der Waals surface area (Å²) >= 11 is 0. The second-order valence-corrected chi connectivity index (χ2v) is 4.91. The van der Waals surface area contributed by atoms with Crippen LogP contribution in [-0.2, 0) is 11.2 Å². The number of nitrogens with one attached hydrogen (secondary N) is 1. The van der Waals surface area contributed by atoms with Gasteiger partial charge in [0.1, 0.15) is 5.69 Å². The number of aryl methyl sites for hydroxylation is 1. The van der Waals surface area contributed by atoms with E-state index < -0.39 is 17.9 Å². The van der Waals surface area contributed by atoms with Gasteiger partial charge in [0, 0.05) is 18.6 Å². The molecule has 0 bridgehead atoms. The molecule has 3 aromatic heterocycles. The van der Waals surface area contributed by atoms with Gasteiger partial charge in [-0.25, -0.2) is 9.59 Å². The van der Waals surface area contributed by atoms with Gasteiger partial charge in [0.05, 0.1) is 11.8 Å². The van der Waals surface area contributed by atoms with E-state index in [9.17, 15) is 9.59 Å². The molecule has 21 heavy (non-hydrogen) atoms. The van der Waals surface area contributed by atoms with Crippen LogP contribution in [0.1, 0.15) is 41.0 Å². The molecule has 3 aromatic rings. The summed E-state index contributed by atoms with van der Waals surface area (Å²) in [7, 11) is 0. The van der Waals surface area contributed by atoms with E-state index in [1.165, 1.54) is 6.26 Å². The van der Waals surface area contributed by atoms with Crippen molar-refractivity contribution in [1.29, 1.82) is 0 Å². The second kappa shape index (κ2) is 4.41. The van der Waals surface area contributed by atoms with E-state index in [-0.39, 0.29) is 0 Å². The predicted molar refractivity (Wildman–Crippen MR) is 68.9 cm³/mol. The van der Waals surface area contributed by atoms with Crippen molar-refractivity contribution in [2.24, 2.45) is 0 Å². The molecule has 0 fully saturated rings. The summed E-state index contributed by atoms with van der Waals surface area (Å²) in [5.41, 5.74) is 1.60. The van der Waals surface area contributed by atoms with Gasteiger partial charge in [-0.15, -0.1) is 0 Å². The molecule has 1 unspecified atom stereocenters. The molecule has 3 heterocycles. The Morgan fingerprint density at radius 1 is 1.38 bits per heavy atom. The molecule has 7 heteroatoms. The zero-order valence-corrected chi connectivity index (χ0v) is 10.9. The van der Waals surface area contributed by atoms with Crippen molar-refractivity contribution >= 4 is 17.1 Å². The Balaban J connectivity index is 1.60. The zero-order valence-electron chi connectivity index (χ0n) is 10.9. The highest BCUT2D eigenvalue weighted by Gasteiger charge is 2.30. The lowest BCUT2D eigenvalue weighted by atomic mass is 10.00. The van der Waals surface area contributed by atoms with Crippen LogP contribution in [0.4, 0.5) is 0 Å². The summed E-state index contributed by atoms with van der Waals surface area (Å²) < 4.78 is 20.5. The molecule has 1 aliphatic carbocycles. The fourth-order valence-corrected chi connectivity index (χ4v) is 2.58. The molecule has 0 saturated heterocycles. The van der Waals surface area contributed by atoms with E-state index in [1.54, 1.807) is 12.1 Å². The third-order valence-corrected chi connectivity index (χ3v) is 3.55. The number of aromatic nitrogens is 1. The summed E-state index contributed by atoms with van der Waals surface area (Å²) in [6.45, 7) is 0. The Hall–Kier alpha value is -2.70. The lowest BCUT2D eigenvalue weighted by molar-refractivity contribution is 0.0187. The van der Waals surface area contributed by atoms with Gasteiger partial charge in [-0.3, -0.25) is 0 Å². The van der Waals surface area contributed by atoms with E-state index in [1.807, 2.05) is 0 Å². The van der Waals surface area contributed by atoms with Crippen LogP contribution < -0.4 is 5.82 Å². The third kappa shape index (κ3) is 1.97. The van der Waals surface area contributed by atoms with Crippen molar-refractivity contribution in [3.63, 3.8) is 0 Å². The van der Waals surface area contributed by atoms with Gasteiger partial charge in [-0.1, -0.05) is 0 Å². The number of carbonyl (C=O) groups is 1. The molecule has 108 valence electrons. The first kappa shape index (κ1) is 12.1. The zero-order chi connectivity index (χ0) is 14.4. The van der Waals surface area contributed by atoms with Crippen molar-refractivity contribution < 1.29 is 22.8 Å². The maximum absolute atomic E-state index is 12.2. The monoisotopic (exact) mass is 289 g/mol. The minimum Gasteiger partial charge on any atom is -0.463 e. The van der Waals surface area contributed by atoms with Gasteiger partial charge >= 0.3 is 11.8 Å². The first-order chi connectivity index (χ1) is 10.2. The standard InChI is InChI=1S/C14H11NO6/c16-13(8-6-11-7(15-8)4-5-18-11)19-9-2-1-3-10-12(9)21-14(17)20-10/h4-6,9,15H,1-3H2. The van der Waals surface area contributed by atoms with E-state index in [0.29, 0.717) is 35.6 Å². The van der Waals surface area contributed by atoms with E-state index in [0.717, 1.165) is 11.9 Å². The molecule has 7 nitrogen and oxygen atoms in total. The number of furan rings is 1. The molecular weight excluding hydrogens is 278 g/mol. The molecule has 0 amide bonds. The fourth-order valence-electron chi connectivity index (χ4n) is 2.58. The molecule has 4 rings (SSSR count). The van der Waals surface area contributed by atoms with E-state index >= 15 is 0 Å². The van der Waals surface area contributed by atoms with Crippen LogP contribution in [-0.4, -0.2) is 11.0 Å². The predicted octanol–water partition coefficient (Wildman–Crippen LogP) is 2.54. The van der Waals surface area contributed by atoms with Crippen molar-refractivity contribution in [2.45, 2.75) is 25.4 Å². The molecule has 0 aliphatic heterocycles. The summed E-state index contributed by atoms with van der Waals surface area (Å²) in [6, 6.07) is 3.30. The first-order valence-electron chi connectivity index (χ1n) is 6.60. The van der Waals surface area contributed by atoms with Crippen molar-refractivity contribution in [3.8, 4) is 0 Å². The average molecular weight is 289 g/mol. The van der Waals surface area contributed by atoms with Crippen molar-refractivity contribution in [3.05, 3.63) is 46.2 Å². The van der Waals surface area contributed by atoms with Crippen LogP contribution in [0.3, 0.4) is 0 Å². The number of aromatic amines is 1. The molecule has 0 saturated carbocycles. The third-order valence-electron chi connectivity index (χ3n) is 3.55. The summed E-state index contributed by atoms with van der Waals surface area (Å²) in [6.07, 6.45) is 2.91. The maximum Gasteiger partial charge on any atom is 0.519 e. The van der Waals surface area contributed by atoms with Crippen LogP contribution in [0.2, 0.25) is 0 Å². The Bertz CT molecular complexity index is 835. The molecule has 0 radical (unpaired) electrons. The first-order valence-corrected chi connectivity index (χ1v) is 6.60. The van der Waals surface area contributed by atoms with E-state index in [4.69, 9.17) is 18.0 Å². The van der Waals surface area contributed by atoms with Crippen LogP contribution in [0.5, 0.6) is 0 Å².